The summed E-state index contributed by atoms with van der Waals surface area (Å²) in [5.41, 5.74) is 4.09. The minimum Gasteiger partial charge on any atom is -0.491 e. The first kappa shape index (κ1) is 30.0. The Morgan fingerprint density at radius 1 is 1.12 bits per heavy atom. The van der Waals surface area contributed by atoms with E-state index in [2.05, 4.69) is 37.7 Å². The molecular formula is C28H46N2O4. The highest BCUT2D eigenvalue weighted by Crippen LogP contribution is 2.21. The van der Waals surface area contributed by atoms with E-state index in [9.17, 15) is 0 Å². The summed E-state index contributed by atoms with van der Waals surface area (Å²) in [6, 6.07) is 6.05. The Balaban J connectivity index is 0.000000700. The van der Waals surface area contributed by atoms with Gasteiger partial charge >= 0.3 is 0 Å². The zero-order valence-electron chi connectivity index (χ0n) is 22.4. The highest BCUT2D eigenvalue weighted by atomic mass is 16.5. The molecule has 1 aliphatic rings. The number of hydrogen-bond donors (Lipinski definition) is 0. The highest BCUT2D eigenvalue weighted by Gasteiger charge is 2.11. The normalized spacial score (nSPS) is 17.1. The molecule has 0 aromatic heterocycles. The van der Waals surface area contributed by atoms with E-state index in [0.29, 0.717) is 38.4 Å². The van der Waals surface area contributed by atoms with Crippen LogP contribution in [0.3, 0.4) is 0 Å². The fourth-order valence-corrected chi connectivity index (χ4v) is 3.42. The van der Waals surface area contributed by atoms with Crippen LogP contribution in [0.25, 0.3) is 0 Å². The summed E-state index contributed by atoms with van der Waals surface area (Å²) < 4.78 is 22.2. The molecule has 0 N–H and O–H groups in total. The molecule has 0 bridgehead atoms. The third-order valence-electron chi connectivity index (χ3n) is 5.27. The maximum atomic E-state index is 5.84. The molecule has 6 nitrogen and oxygen atoms in total. The van der Waals surface area contributed by atoms with Crippen LogP contribution in [0.5, 0.6) is 5.75 Å². The summed E-state index contributed by atoms with van der Waals surface area (Å²) in [6.45, 7) is 14.5. The molecule has 1 saturated heterocycles. The quantitative estimate of drug-likeness (QED) is 0.288. The van der Waals surface area contributed by atoms with Crippen LogP contribution in [-0.2, 0) is 14.2 Å². The Kier molecular flexibility index (Phi) is 16.2. The largest absolute Gasteiger partial charge is 0.491 e. The summed E-state index contributed by atoms with van der Waals surface area (Å²) >= 11 is 0. The molecule has 0 spiro atoms. The molecule has 1 fully saturated rings. The van der Waals surface area contributed by atoms with Gasteiger partial charge in [-0.2, -0.15) is 0 Å². The first-order valence-corrected chi connectivity index (χ1v) is 12.5. The minimum atomic E-state index is 0.498. The van der Waals surface area contributed by atoms with Gasteiger partial charge < -0.3 is 18.9 Å². The van der Waals surface area contributed by atoms with E-state index in [1.54, 1.807) is 14.1 Å². The summed E-state index contributed by atoms with van der Waals surface area (Å²) in [4.78, 5) is 8.59. The molecule has 2 rings (SSSR count). The maximum absolute atomic E-state index is 5.84. The van der Waals surface area contributed by atoms with E-state index in [1.807, 2.05) is 37.4 Å². The predicted molar refractivity (Wildman–Crippen MR) is 143 cm³/mol. The number of hydrogen-bond acceptors (Lipinski definition) is 6. The van der Waals surface area contributed by atoms with Crippen molar-refractivity contribution in [3.63, 3.8) is 0 Å². The Bertz CT molecular complexity index is 766. The number of ether oxygens (including phenoxy) is 4. The summed E-state index contributed by atoms with van der Waals surface area (Å²) in [6.07, 6.45) is 8.27. The van der Waals surface area contributed by atoms with Crippen LogP contribution >= 0.6 is 0 Å². The van der Waals surface area contributed by atoms with E-state index >= 15 is 0 Å². The molecule has 1 atom stereocenters. The molecule has 192 valence electrons. The number of benzene rings is 1. The lowest BCUT2D eigenvalue weighted by Gasteiger charge is -2.17. The van der Waals surface area contributed by atoms with Gasteiger partial charge in [0.15, 0.2) is 0 Å². The minimum absolute atomic E-state index is 0.498. The van der Waals surface area contributed by atoms with Crippen molar-refractivity contribution in [2.24, 2.45) is 15.9 Å². The molecule has 0 amide bonds. The highest BCUT2D eigenvalue weighted by molar-refractivity contribution is 6.24. The lowest BCUT2D eigenvalue weighted by Crippen LogP contribution is -2.14. The van der Waals surface area contributed by atoms with Gasteiger partial charge in [0.2, 0.25) is 0 Å². The number of nitrogens with zero attached hydrogens (tertiary/aromatic N) is 2. The zero-order chi connectivity index (χ0) is 25.2. The van der Waals surface area contributed by atoms with Gasteiger partial charge in [0, 0.05) is 44.7 Å². The fraction of sp³-hybridized carbons (Fsp3) is 0.643. The summed E-state index contributed by atoms with van der Waals surface area (Å²) in [5.74, 6) is 1.35. The smallest absolute Gasteiger partial charge is 0.120 e. The second kappa shape index (κ2) is 18.3. The fourth-order valence-electron chi connectivity index (χ4n) is 3.42. The van der Waals surface area contributed by atoms with Crippen LogP contribution in [0.4, 0.5) is 0 Å². The van der Waals surface area contributed by atoms with Crippen LogP contribution in [0.15, 0.2) is 39.8 Å². The van der Waals surface area contributed by atoms with Crippen molar-refractivity contribution in [3.05, 3.63) is 41.0 Å². The molecular weight excluding hydrogens is 428 g/mol. The molecule has 0 saturated carbocycles. The molecule has 34 heavy (non-hydrogen) atoms. The van der Waals surface area contributed by atoms with Gasteiger partial charge in [-0.1, -0.05) is 26.0 Å². The van der Waals surface area contributed by atoms with Crippen molar-refractivity contribution < 1.29 is 18.9 Å². The molecule has 0 radical (unpaired) electrons. The van der Waals surface area contributed by atoms with Gasteiger partial charge in [-0.05, 0) is 63.6 Å². The van der Waals surface area contributed by atoms with Crippen molar-refractivity contribution in [2.45, 2.75) is 60.0 Å². The van der Waals surface area contributed by atoms with Crippen molar-refractivity contribution in [3.8, 4) is 5.75 Å². The van der Waals surface area contributed by atoms with Crippen molar-refractivity contribution in [1.29, 1.82) is 0 Å². The monoisotopic (exact) mass is 474 g/mol. The Morgan fingerprint density at radius 3 is 2.41 bits per heavy atom. The molecule has 1 aliphatic heterocycles. The van der Waals surface area contributed by atoms with Crippen LogP contribution in [0, 0.1) is 12.8 Å². The second-order valence-electron chi connectivity index (χ2n) is 8.79. The van der Waals surface area contributed by atoms with Gasteiger partial charge in [0.25, 0.3) is 0 Å². The predicted octanol–water partition coefficient (Wildman–Crippen LogP) is 5.70. The van der Waals surface area contributed by atoms with Gasteiger partial charge in [0.05, 0.1) is 31.6 Å². The SMILES string of the molecule is C/C=C(\C=NC)C(=NC)c1cc(OCCOCCOCC(C)C)ccc1C.CC1CCCCO1. The molecule has 1 heterocycles. The van der Waals surface area contributed by atoms with Crippen LogP contribution in [0.2, 0.25) is 0 Å². The first-order chi connectivity index (χ1) is 16.4. The lowest BCUT2D eigenvalue weighted by atomic mass is 9.98. The standard InChI is InChI=1S/C22H34N2O3.C6H12O/c1-7-19(15-23-5)22(24-6)21-14-20(9-8-18(21)4)27-13-12-25-10-11-26-16-17(2)3;1-6-4-2-3-5-7-6/h7-9,14-15,17H,10-13,16H2,1-6H3;6H,2-5H2,1H3/b19-7+,23-15?,24-22?;. The first-order valence-electron chi connectivity index (χ1n) is 12.5. The number of aryl methyl sites for hydroxylation is 1. The zero-order valence-corrected chi connectivity index (χ0v) is 22.4. The third-order valence-corrected chi connectivity index (χ3v) is 5.27. The third kappa shape index (κ3) is 12.4. The topological polar surface area (TPSA) is 61.6 Å². The van der Waals surface area contributed by atoms with Gasteiger partial charge in [-0.25, -0.2) is 0 Å². The van der Waals surface area contributed by atoms with Crippen LogP contribution < -0.4 is 4.74 Å². The Labute approximate surface area is 207 Å². The van der Waals surface area contributed by atoms with Crippen molar-refractivity contribution in [1.82, 2.24) is 0 Å². The molecule has 1 aromatic carbocycles. The maximum Gasteiger partial charge on any atom is 0.120 e. The lowest BCUT2D eigenvalue weighted by molar-refractivity contribution is 0.0282. The van der Waals surface area contributed by atoms with E-state index in [-0.39, 0.29) is 0 Å². The summed E-state index contributed by atoms with van der Waals surface area (Å²) in [5, 5.41) is 0. The Hall–Kier alpha value is -2.02. The van der Waals surface area contributed by atoms with Gasteiger partial charge in [0.1, 0.15) is 12.4 Å². The van der Waals surface area contributed by atoms with Crippen LogP contribution in [0.1, 0.15) is 58.1 Å². The molecule has 0 aliphatic carbocycles. The molecule has 1 unspecified atom stereocenters. The molecule has 1 aromatic rings. The van der Waals surface area contributed by atoms with Gasteiger partial charge in [-0.15, -0.1) is 0 Å². The van der Waals surface area contributed by atoms with Crippen LogP contribution in [-0.4, -0.2) is 71.8 Å². The van der Waals surface area contributed by atoms with Crippen molar-refractivity contribution in [2.75, 3.05) is 53.7 Å². The average molecular weight is 475 g/mol. The van der Waals surface area contributed by atoms with E-state index in [4.69, 9.17) is 18.9 Å². The molecule has 6 heteroatoms. The van der Waals surface area contributed by atoms with E-state index in [1.165, 1.54) is 19.3 Å². The summed E-state index contributed by atoms with van der Waals surface area (Å²) in [7, 11) is 3.56. The number of allylic oxidation sites excluding steroid dienone is 2. The van der Waals surface area contributed by atoms with E-state index in [0.717, 1.165) is 41.4 Å². The average Bonchev–Trinajstić information content (AvgIpc) is 2.83. The number of aliphatic imine (C=N–C) groups is 2. The number of rotatable bonds is 12. The van der Waals surface area contributed by atoms with Crippen molar-refractivity contribution >= 4 is 11.9 Å². The second-order valence-corrected chi connectivity index (χ2v) is 8.79. The Morgan fingerprint density at radius 2 is 1.85 bits per heavy atom. The van der Waals surface area contributed by atoms with E-state index < -0.39 is 0 Å². The van der Waals surface area contributed by atoms with Gasteiger partial charge in [-0.3, -0.25) is 9.98 Å².